The summed E-state index contributed by atoms with van der Waals surface area (Å²) in [5.74, 6) is 0. The van der Waals surface area contributed by atoms with E-state index in [1.807, 2.05) is 0 Å². The van der Waals surface area contributed by atoms with Gasteiger partial charge in [-0.15, -0.1) is 11.8 Å². The second-order valence-corrected chi connectivity index (χ2v) is 6.05. The molecule has 1 atom stereocenters. The molecule has 2 rings (SSSR count). The molecule has 3 heteroatoms. The highest BCUT2D eigenvalue weighted by atomic mass is 32.2. The first kappa shape index (κ1) is 12.8. The molecule has 1 aliphatic heterocycles. The van der Waals surface area contributed by atoms with Crippen LogP contribution >= 0.6 is 11.8 Å². The molecule has 0 spiro atoms. The van der Waals surface area contributed by atoms with Gasteiger partial charge >= 0.3 is 0 Å². The summed E-state index contributed by atoms with van der Waals surface area (Å²) >= 11 is 1.78. The molecule has 0 amide bonds. The molecule has 17 heavy (non-hydrogen) atoms. The maximum Gasteiger partial charge on any atom is 0.0646 e. The number of ether oxygens (including phenoxy) is 1. The molecule has 1 heterocycles. The minimum Gasteiger partial charge on any atom is -0.382 e. The lowest BCUT2D eigenvalue weighted by atomic mass is 9.94. The van der Waals surface area contributed by atoms with Gasteiger partial charge in [-0.1, -0.05) is 6.07 Å². The summed E-state index contributed by atoms with van der Waals surface area (Å²) in [7, 11) is 0. The van der Waals surface area contributed by atoms with Crippen LogP contribution in [0.5, 0.6) is 0 Å². The van der Waals surface area contributed by atoms with E-state index in [0.29, 0.717) is 6.04 Å². The lowest BCUT2D eigenvalue weighted by Crippen LogP contribution is -2.40. The van der Waals surface area contributed by atoms with Crippen molar-refractivity contribution in [1.29, 1.82) is 0 Å². The van der Waals surface area contributed by atoms with Gasteiger partial charge < -0.3 is 10.1 Å². The molecular weight excluding hydrogens is 230 g/mol. The monoisotopic (exact) mass is 251 g/mol. The van der Waals surface area contributed by atoms with Gasteiger partial charge in [0.25, 0.3) is 0 Å². The zero-order valence-electron chi connectivity index (χ0n) is 10.8. The second kappa shape index (κ2) is 5.32. The van der Waals surface area contributed by atoms with E-state index in [-0.39, 0.29) is 5.60 Å². The van der Waals surface area contributed by atoms with Crippen molar-refractivity contribution in [2.75, 3.05) is 18.2 Å². The molecule has 2 nitrogen and oxygen atoms in total. The number of hydrogen-bond acceptors (Lipinski definition) is 3. The van der Waals surface area contributed by atoms with Crippen LogP contribution in [0.25, 0.3) is 0 Å². The van der Waals surface area contributed by atoms with Gasteiger partial charge in [0.15, 0.2) is 0 Å². The molecule has 94 valence electrons. The molecular formula is C14H21NOS. The van der Waals surface area contributed by atoms with Gasteiger partial charge in [-0.05, 0) is 51.1 Å². The average Bonchev–Trinajstić information content (AvgIpc) is 2.28. The summed E-state index contributed by atoms with van der Waals surface area (Å²) in [5, 5.41) is 3.62. The fraction of sp³-hybridized carbons (Fsp3) is 0.571. The quantitative estimate of drug-likeness (QED) is 0.826. The van der Waals surface area contributed by atoms with Crippen molar-refractivity contribution in [1.82, 2.24) is 0 Å². The summed E-state index contributed by atoms with van der Waals surface area (Å²) in [4.78, 5) is 1.31. The smallest absolute Gasteiger partial charge is 0.0646 e. The molecule has 0 saturated carbocycles. The van der Waals surface area contributed by atoms with Crippen LogP contribution in [0.2, 0.25) is 0 Å². The standard InChI is InChI=1S/C14H21NOS/c1-14(2)10-12(7-8-16-14)15-11-5-4-6-13(9-11)17-3/h4-6,9,12,15H,7-8,10H2,1-3H3. The van der Waals surface area contributed by atoms with Gasteiger partial charge in [0, 0.05) is 23.2 Å². The Hall–Kier alpha value is -0.670. The predicted molar refractivity (Wildman–Crippen MR) is 74.9 cm³/mol. The number of hydrogen-bond donors (Lipinski definition) is 1. The summed E-state index contributed by atoms with van der Waals surface area (Å²) in [6.45, 7) is 5.19. The number of anilines is 1. The van der Waals surface area contributed by atoms with E-state index in [0.717, 1.165) is 19.4 Å². The highest BCUT2D eigenvalue weighted by Crippen LogP contribution is 2.27. The van der Waals surface area contributed by atoms with Crippen molar-refractivity contribution in [2.45, 2.75) is 43.2 Å². The van der Waals surface area contributed by atoms with E-state index in [9.17, 15) is 0 Å². The van der Waals surface area contributed by atoms with Crippen LogP contribution in [0, 0.1) is 0 Å². The topological polar surface area (TPSA) is 21.3 Å². The lowest BCUT2D eigenvalue weighted by Gasteiger charge is -2.36. The van der Waals surface area contributed by atoms with E-state index in [1.165, 1.54) is 10.6 Å². The van der Waals surface area contributed by atoms with Crippen LogP contribution in [0.3, 0.4) is 0 Å². The summed E-state index contributed by atoms with van der Waals surface area (Å²) in [5.41, 5.74) is 1.23. The van der Waals surface area contributed by atoms with Gasteiger partial charge in [0.05, 0.1) is 5.60 Å². The zero-order chi connectivity index (χ0) is 12.3. The first-order chi connectivity index (χ1) is 8.09. The number of nitrogens with one attached hydrogen (secondary N) is 1. The van der Waals surface area contributed by atoms with Crippen molar-refractivity contribution in [2.24, 2.45) is 0 Å². The minimum atomic E-state index is 0.00698. The maximum atomic E-state index is 5.73. The first-order valence-corrected chi connectivity index (χ1v) is 7.36. The van der Waals surface area contributed by atoms with Gasteiger partial charge in [0.1, 0.15) is 0 Å². The number of thioether (sulfide) groups is 1. The van der Waals surface area contributed by atoms with Crippen molar-refractivity contribution in [3.8, 4) is 0 Å². The molecule has 1 aromatic carbocycles. The van der Waals surface area contributed by atoms with E-state index < -0.39 is 0 Å². The Balaban J connectivity index is 2.00. The Morgan fingerprint density at radius 3 is 2.94 bits per heavy atom. The molecule has 1 aliphatic rings. The van der Waals surface area contributed by atoms with Crippen LogP contribution < -0.4 is 5.32 Å². The van der Waals surface area contributed by atoms with Crippen LogP contribution in [-0.2, 0) is 4.74 Å². The molecule has 1 saturated heterocycles. The number of rotatable bonds is 3. The van der Waals surface area contributed by atoms with E-state index in [1.54, 1.807) is 11.8 Å². The normalized spacial score (nSPS) is 23.4. The molecule has 1 unspecified atom stereocenters. The average molecular weight is 251 g/mol. The molecule has 0 aliphatic carbocycles. The van der Waals surface area contributed by atoms with E-state index >= 15 is 0 Å². The van der Waals surface area contributed by atoms with E-state index in [4.69, 9.17) is 4.74 Å². The van der Waals surface area contributed by atoms with Gasteiger partial charge in [-0.2, -0.15) is 0 Å². The molecule has 1 aromatic rings. The van der Waals surface area contributed by atoms with Crippen LogP contribution in [0.15, 0.2) is 29.2 Å². The molecule has 0 bridgehead atoms. The maximum absolute atomic E-state index is 5.73. The predicted octanol–water partition coefficient (Wildman–Crippen LogP) is 3.78. The highest BCUT2D eigenvalue weighted by Gasteiger charge is 2.28. The lowest BCUT2D eigenvalue weighted by molar-refractivity contribution is -0.0553. The molecule has 1 N–H and O–H groups in total. The third-order valence-electron chi connectivity index (χ3n) is 3.14. The summed E-state index contributed by atoms with van der Waals surface area (Å²) < 4.78 is 5.73. The first-order valence-electron chi connectivity index (χ1n) is 6.14. The zero-order valence-corrected chi connectivity index (χ0v) is 11.6. The van der Waals surface area contributed by atoms with Gasteiger partial charge in [0.2, 0.25) is 0 Å². The Kier molecular flexibility index (Phi) is 4.00. The second-order valence-electron chi connectivity index (χ2n) is 5.17. The Bertz CT molecular complexity index is 378. The van der Waals surface area contributed by atoms with Gasteiger partial charge in [-0.25, -0.2) is 0 Å². The van der Waals surface area contributed by atoms with Gasteiger partial charge in [-0.3, -0.25) is 0 Å². The van der Waals surface area contributed by atoms with Crippen LogP contribution in [0.4, 0.5) is 5.69 Å². The van der Waals surface area contributed by atoms with Crippen LogP contribution in [-0.4, -0.2) is 24.5 Å². The molecule has 0 radical (unpaired) electrons. The Morgan fingerprint density at radius 2 is 2.24 bits per heavy atom. The fourth-order valence-electron chi connectivity index (χ4n) is 2.30. The third-order valence-corrected chi connectivity index (χ3v) is 3.86. The van der Waals surface area contributed by atoms with Crippen molar-refractivity contribution < 1.29 is 4.74 Å². The number of benzene rings is 1. The minimum absolute atomic E-state index is 0.00698. The largest absolute Gasteiger partial charge is 0.382 e. The summed E-state index contributed by atoms with van der Waals surface area (Å²) in [6.07, 6.45) is 4.26. The highest BCUT2D eigenvalue weighted by molar-refractivity contribution is 7.98. The van der Waals surface area contributed by atoms with Crippen molar-refractivity contribution in [3.63, 3.8) is 0 Å². The molecule has 1 fully saturated rings. The Morgan fingerprint density at radius 1 is 1.41 bits per heavy atom. The fourth-order valence-corrected chi connectivity index (χ4v) is 2.76. The third kappa shape index (κ3) is 3.65. The van der Waals surface area contributed by atoms with E-state index in [2.05, 4.69) is 49.7 Å². The van der Waals surface area contributed by atoms with Crippen molar-refractivity contribution in [3.05, 3.63) is 24.3 Å². The van der Waals surface area contributed by atoms with Crippen molar-refractivity contribution >= 4 is 17.4 Å². The summed E-state index contributed by atoms with van der Waals surface area (Å²) in [6, 6.07) is 9.13. The van der Waals surface area contributed by atoms with Crippen LogP contribution in [0.1, 0.15) is 26.7 Å². The Labute approximate surface area is 108 Å². The molecule has 0 aromatic heterocycles. The SMILES string of the molecule is CSc1cccc(NC2CCOC(C)(C)C2)c1.